The van der Waals surface area contributed by atoms with Gasteiger partial charge in [-0.25, -0.2) is 8.42 Å². The number of nitrogens with zero attached hydrogens (tertiary/aromatic N) is 2. The number of piperidine rings is 1. The van der Waals surface area contributed by atoms with E-state index in [1.807, 2.05) is 6.92 Å². The van der Waals surface area contributed by atoms with Crippen molar-refractivity contribution in [3.8, 4) is 0 Å². The monoisotopic (exact) mass is 398 g/mol. The summed E-state index contributed by atoms with van der Waals surface area (Å²) in [6.45, 7) is 4.53. The largest absolute Gasteiger partial charge is 0.383 e. The molecule has 27 heavy (non-hydrogen) atoms. The van der Waals surface area contributed by atoms with Crippen molar-refractivity contribution in [2.24, 2.45) is 0 Å². The van der Waals surface area contributed by atoms with Gasteiger partial charge in [0, 0.05) is 46.0 Å². The second-order valence-electron chi connectivity index (χ2n) is 6.72. The molecular weight excluding hydrogens is 368 g/mol. The number of benzene rings is 1. The van der Waals surface area contributed by atoms with E-state index in [4.69, 9.17) is 9.47 Å². The first kappa shape index (κ1) is 21.8. The highest BCUT2D eigenvalue weighted by atomic mass is 32.2. The summed E-state index contributed by atoms with van der Waals surface area (Å²) in [4.78, 5) is 14.8. The molecule has 8 heteroatoms. The minimum Gasteiger partial charge on any atom is -0.383 e. The normalized spacial score (nSPS) is 15.7. The van der Waals surface area contributed by atoms with Gasteiger partial charge in [-0.2, -0.15) is 4.31 Å². The van der Waals surface area contributed by atoms with Gasteiger partial charge in [0.1, 0.15) is 0 Å². The van der Waals surface area contributed by atoms with E-state index < -0.39 is 10.0 Å². The topological polar surface area (TPSA) is 76.1 Å². The average molecular weight is 399 g/mol. The van der Waals surface area contributed by atoms with Crippen LogP contribution in [0.4, 0.5) is 0 Å². The molecule has 1 saturated heterocycles. The lowest BCUT2D eigenvalue weighted by atomic mass is 10.1. The number of aryl methyl sites for hydroxylation is 1. The molecule has 1 aliphatic rings. The van der Waals surface area contributed by atoms with Gasteiger partial charge >= 0.3 is 0 Å². The van der Waals surface area contributed by atoms with Crippen LogP contribution >= 0.6 is 0 Å². The third-order valence-electron chi connectivity index (χ3n) is 4.81. The Morgan fingerprint density at radius 2 is 1.67 bits per heavy atom. The van der Waals surface area contributed by atoms with E-state index in [2.05, 4.69) is 0 Å². The molecule has 1 aliphatic heterocycles. The van der Waals surface area contributed by atoms with Crippen molar-refractivity contribution in [2.45, 2.75) is 31.1 Å². The van der Waals surface area contributed by atoms with E-state index in [0.717, 1.165) is 24.8 Å². The molecule has 0 aliphatic carbocycles. The zero-order valence-electron chi connectivity index (χ0n) is 16.4. The van der Waals surface area contributed by atoms with Crippen LogP contribution in [0.25, 0.3) is 0 Å². The minimum atomic E-state index is -3.58. The van der Waals surface area contributed by atoms with E-state index in [0.29, 0.717) is 45.0 Å². The van der Waals surface area contributed by atoms with Gasteiger partial charge in [-0.3, -0.25) is 4.79 Å². The average Bonchev–Trinajstić information content (AvgIpc) is 2.68. The Kier molecular flexibility index (Phi) is 8.22. The SMILES string of the molecule is COCCN(CCOC)C(=O)c1cc(S(=O)(=O)N2CCCCC2)ccc1C. The molecule has 0 unspecified atom stereocenters. The van der Waals surface area contributed by atoms with Crippen molar-refractivity contribution in [1.82, 2.24) is 9.21 Å². The first-order valence-corrected chi connectivity index (χ1v) is 10.7. The molecule has 0 spiro atoms. The van der Waals surface area contributed by atoms with Crippen molar-refractivity contribution in [1.29, 1.82) is 0 Å². The highest BCUT2D eigenvalue weighted by Crippen LogP contribution is 2.23. The number of carbonyl (C=O) groups excluding carboxylic acids is 1. The fourth-order valence-corrected chi connectivity index (χ4v) is 4.68. The summed E-state index contributed by atoms with van der Waals surface area (Å²) in [6, 6.07) is 4.80. The van der Waals surface area contributed by atoms with Gasteiger partial charge in [0.05, 0.1) is 18.1 Å². The second-order valence-corrected chi connectivity index (χ2v) is 8.66. The molecule has 7 nitrogen and oxygen atoms in total. The van der Waals surface area contributed by atoms with Crippen LogP contribution in [0, 0.1) is 6.92 Å². The van der Waals surface area contributed by atoms with Crippen molar-refractivity contribution >= 4 is 15.9 Å². The van der Waals surface area contributed by atoms with E-state index in [9.17, 15) is 13.2 Å². The van der Waals surface area contributed by atoms with Crippen molar-refractivity contribution < 1.29 is 22.7 Å². The molecule has 0 atom stereocenters. The van der Waals surface area contributed by atoms with Gasteiger partial charge < -0.3 is 14.4 Å². The van der Waals surface area contributed by atoms with Crippen molar-refractivity contribution in [3.05, 3.63) is 29.3 Å². The van der Waals surface area contributed by atoms with Crippen molar-refractivity contribution in [2.75, 3.05) is 53.6 Å². The third-order valence-corrected chi connectivity index (χ3v) is 6.70. The molecule has 2 rings (SSSR count). The molecule has 1 aromatic rings. The molecule has 0 bridgehead atoms. The number of sulfonamides is 1. The fraction of sp³-hybridized carbons (Fsp3) is 0.632. The Morgan fingerprint density at radius 3 is 2.22 bits per heavy atom. The van der Waals surface area contributed by atoms with Crippen LogP contribution in [0.5, 0.6) is 0 Å². The summed E-state index contributed by atoms with van der Waals surface area (Å²) >= 11 is 0. The Labute approximate surface area is 162 Å². The summed E-state index contributed by atoms with van der Waals surface area (Å²) in [5.74, 6) is -0.211. The number of hydrogen-bond donors (Lipinski definition) is 0. The quantitative estimate of drug-likeness (QED) is 0.635. The van der Waals surface area contributed by atoms with Gasteiger partial charge in [-0.15, -0.1) is 0 Å². The third kappa shape index (κ3) is 5.51. The van der Waals surface area contributed by atoms with Gasteiger partial charge in [-0.1, -0.05) is 12.5 Å². The first-order chi connectivity index (χ1) is 12.9. The smallest absolute Gasteiger partial charge is 0.254 e. The molecular formula is C19H30N2O5S. The maximum Gasteiger partial charge on any atom is 0.254 e. The molecule has 0 radical (unpaired) electrons. The fourth-order valence-electron chi connectivity index (χ4n) is 3.13. The van der Waals surface area contributed by atoms with Crippen LogP contribution in [-0.2, 0) is 19.5 Å². The zero-order chi connectivity index (χ0) is 19.9. The molecule has 0 aromatic heterocycles. The second kappa shape index (κ2) is 10.2. The first-order valence-electron chi connectivity index (χ1n) is 9.29. The predicted octanol–water partition coefficient (Wildman–Crippen LogP) is 1.90. The van der Waals surface area contributed by atoms with Crippen LogP contribution in [-0.4, -0.2) is 77.1 Å². The molecule has 1 aromatic carbocycles. The maximum absolute atomic E-state index is 13.0. The van der Waals surface area contributed by atoms with E-state index in [1.54, 1.807) is 31.3 Å². The van der Waals surface area contributed by atoms with Crippen molar-refractivity contribution in [3.63, 3.8) is 0 Å². The zero-order valence-corrected chi connectivity index (χ0v) is 17.3. The number of ether oxygens (including phenoxy) is 2. The number of amides is 1. The van der Waals surface area contributed by atoms with Crippen LogP contribution in [0.15, 0.2) is 23.1 Å². The molecule has 1 heterocycles. The lowest BCUT2D eigenvalue weighted by Crippen LogP contribution is -2.37. The van der Waals surface area contributed by atoms with E-state index >= 15 is 0 Å². The molecule has 0 N–H and O–H groups in total. The maximum atomic E-state index is 13.0. The van der Waals surface area contributed by atoms with E-state index in [-0.39, 0.29) is 10.8 Å². The van der Waals surface area contributed by atoms with Crippen LogP contribution < -0.4 is 0 Å². The van der Waals surface area contributed by atoms with Gasteiger partial charge in [0.2, 0.25) is 10.0 Å². The van der Waals surface area contributed by atoms with Gasteiger partial charge in [-0.05, 0) is 37.5 Å². The van der Waals surface area contributed by atoms with Crippen LogP contribution in [0.2, 0.25) is 0 Å². The summed E-state index contributed by atoms with van der Waals surface area (Å²) < 4.78 is 37.6. The molecule has 1 amide bonds. The summed E-state index contributed by atoms with van der Waals surface area (Å²) in [5.41, 5.74) is 1.15. The minimum absolute atomic E-state index is 0.178. The Morgan fingerprint density at radius 1 is 1.07 bits per heavy atom. The number of methoxy groups -OCH3 is 2. The molecule has 0 saturated carbocycles. The highest BCUT2D eigenvalue weighted by Gasteiger charge is 2.27. The molecule has 152 valence electrons. The standard InChI is InChI=1S/C19H30N2O5S/c1-16-7-8-17(27(23,24)21-9-5-4-6-10-21)15-18(16)19(22)20(11-13-25-2)12-14-26-3/h7-8,15H,4-6,9-14H2,1-3H3. The summed E-state index contributed by atoms with van der Waals surface area (Å²) in [7, 11) is -0.422. The Balaban J connectivity index is 2.30. The Hall–Kier alpha value is -1.48. The van der Waals surface area contributed by atoms with Crippen LogP contribution in [0.1, 0.15) is 35.2 Å². The molecule has 1 fully saturated rings. The lowest BCUT2D eigenvalue weighted by Gasteiger charge is -2.27. The van der Waals surface area contributed by atoms with Gasteiger partial charge in [0.25, 0.3) is 5.91 Å². The number of carbonyl (C=O) groups is 1. The summed E-state index contributed by atoms with van der Waals surface area (Å²) in [6.07, 6.45) is 2.80. The number of hydrogen-bond acceptors (Lipinski definition) is 5. The van der Waals surface area contributed by atoms with Gasteiger partial charge in [0.15, 0.2) is 0 Å². The van der Waals surface area contributed by atoms with E-state index in [1.165, 1.54) is 10.4 Å². The number of rotatable bonds is 9. The predicted molar refractivity (Wildman–Crippen MR) is 103 cm³/mol. The summed E-state index contributed by atoms with van der Waals surface area (Å²) in [5, 5.41) is 0. The highest BCUT2D eigenvalue weighted by molar-refractivity contribution is 7.89. The lowest BCUT2D eigenvalue weighted by molar-refractivity contribution is 0.0626. The Bertz CT molecular complexity index is 722. The van der Waals surface area contributed by atoms with Crippen LogP contribution in [0.3, 0.4) is 0 Å².